The van der Waals surface area contributed by atoms with Gasteiger partial charge in [0.2, 0.25) is 5.91 Å². The Balaban J connectivity index is 1.41. The molecule has 0 radical (unpaired) electrons. The van der Waals surface area contributed by atoms with Crippen LogP contribution in [0, 0.1) is 13.8 Å². The third-order valence-electron chi connectivity index (χ3n) is 5.75. The highest BCUT2D eigenvalue weighted by atomic mass is 16.1. The molecule has 31 heavy (non-hydrogen) atoms. The Morgan fingerprint density at radius 1 is 1.06 bits per heavy atom. The molecule has 0 spiro atoms. The predicted molar refractivity (Wildman–Crippen MR) is 117 cm³/mol. The second-order valence-corrected chi connectivity index (χ2v) is 8.19. The maximum Gasteiger partial charge on any atom is 0.252 e. The number of carbonyl (C=O) groups excluding carboxylic acids is 1. The zero-order valence-electron chi connectivity index (χ0n) is 17.7. The lowest BCUT2D eigenvalue weighted by atomic mass is 10.0. The summed E-state index contributed by atoms with van der Waals surface area (Å²) in [7, 11) is 0. The van der Waals surface area contributed by atoms with Gasteiger partial charge in [0.1, 0.15) is 5.82 Å². The van der Waals surface area contributed by atoms with Crippen molar-refractivity contribution in [1.29, 1.82) is 0 Å². The lowest BCUT2D eigenvalue weighted by molar-refractivity contribution is -0.115. The van der Waals surface area contributed by atoms with Crippen molar-refractivity contribution >= 4 is 17.5 Å². The minimum atomic E-state index is -0.180. The Morgan fingerprint density at radius 3 is 2.61 bits per heavy atom. The number of aromatic nitrogens is 6. The van der Waals surface area contributed by atoms with E-state index in [1.54, 1.807) is 4.52 Å². The molecule has 1 saturated carbocycles. The highest BCUT2D eigenvalue weighted by Crippen LogP contribution is 2.35. The second-order valence-electron chi connectivity index (χ2n) is 8.19. The highest BCUT2D eigenvalue weighted by molar-refractivity contribution is 5.91. The molecular formula is C23H25N7O. The highest BCUT2D eigenvalue weighted by Gasteiger charge is 2.23. The van der Waals surface area contributed by atoms with E-state index in [1.807, 2.05) is 61.0 Å². The molecular weight excluding hydrogens is 390 g/mol. The third kappa shape index (κ3) is 3.93. The monoisotopic (exact) mass is 415 g/mol. The molecule has 1 aromatic carbocycles. The van der Waals surface area contributed by atoms with Crippen LogP contribution in [0.1, 0.15) is 54.5 Å². The number of carbonyl (C=O) groups is 1. The molecule has 0 atom stereocenters. The zero-order valence-corrected chi connectivity index (χ0v) is 17.7. The van der Waals surface area contributed by atoms with Crippen molar-refractivity contribution in [3.8, 4) is 5.69 Å². The maximum absolute atomic E-state index is 12.9. The second kappa shape index (κ2) is 7.94. The summed E-state index contributed by atoms with van der Waals surface area (Å²) in [6, 6.07) is 13.8. The molecule has 0 aliphatic heterocycles. The van der Waals surface area contributed by atoms with Crippen molar-refractivity contribution in [2.75, 3.05) is 5.32 Å². The average Bonchev–Trinajstić information content (AvgIpc) is 3.48. The molecule has 158 valence electrons. The molecule has 1 aliphatic rings. The molecule has 8 heteroatoms. The number of fused-ring (bicyclic) bond motifs is 1. The number of nitrogens with zero attached hydrogens (tertiary/aromatic N) is 6. The maximum atomic E-state index is 12.9. The van der Waals surface area contributed by atoms with Gasteiger partial charge in [-0.1, -0.05) is 31.0 Å². The molecule has 0 unspecified atom stereocenters. The molecule has 1 N–H and O–H groups in total. The van der Waals surface area contributed by atoms with E-state index < -0.39 is 0 Å². The minimum absolute atomic E-state index is 0.0700. The molecule has 5 rings (SSSR count). The van der Waals surface area contributed by atoms with E-state index in [1.165, 1.54) is 12.8 Å². The van der Waals surface area contributed by atoms with Gasteiger partial charge in [-0.05, 0) is 44.9 Å². The fraction of sp³-hybridized carbons (Fsp3) is 0.348. The Hall–Kier alpha value is -3.55. The third-order valence-corrected chi connectivity index (χ3v) is 5.75. The topological polar surface area (TPSA) is 90.0 Å². The van der Waals surface area contributed by atoms with Gasteiger partial charge in [0, 0.05) is 23.4 Å². The van der Waals surface area contributed by atoms with Gasteiger partial charge in [0.05, 0.1) is 17.8 Å². The molecule has 8 nitrogen and oxygen atoms in total. The van der Waals surface area contributed by atoms with Crippen molar-refractivity contribution in [2.24, 2.45) is 0 Å². The smallest absolute Gasteiger partial charge is 0.252 e. The molecule has 3 aromatic heterocycles. The molecule has 1 aliphatic carbocycles. The summed E-state index contributed by atoms with van der Waals surface area (Å²) in [5.74, 6) is 1.91. The quantitative estimate of drug-likeness (QED) is 0.536. The van der Waals surface area contributed by atoms with Crippen molar-refractivity contribution in [1.82, 2.24) is 29.4 Å². The van der Waals surface area contributed by atoms with E-state index in [-0.39, 0.29) is 12.3 Å². The summed E-state index contributed by atoms with van der Waals surface area (Å²) in [6.45, 7) is 3.86. The first kappa shape index (κ1) is 19.4. The fourth-order valence-electron chi connectivity index (χ4n) is 4.29. The van der Waals surface area contributed by atoms with Gasteiger partial charge in [-0.3, -0.25) is 4.79 Å². The Kier molecular flexibility index (Phi) is 4.97. The van der Waals surface area contributed by atoms with E-state index in [0.717, 1.165) is 35.6 Å². The molecule has 4 aromatic rings. The van der Waals surface area contributed by atoms with E-state index in [0.29, 0.717) is 23.3 Å². The Bertz CT molecular complexity index is 1240. The van der Waals surface area contributed by atoms with Crippen LogP contribution in [0.15, 0.2) is 42.5 Å². The number of benzene rings is 1. The number of rotatable bonds is 5. The van der Waals surface area contributed by atoms with Crippen molar-refractivity contribution in [3.05, 3.63) is 65.4 Å². The minimum Gasteiger partial charge on any atom is -0.310 e. The number of hydrogen-bond acceptors (Lipinski definition) is 5. The Morgan fingerprint density at radius 2 is 1.84 bits per heavy atom. The first-order valence-corrected chi connectivity index (χ1v) is 10.7. The lowest BCUT2D eigenvalue weighted by Crippen LogP contribution is -2.18. The number of nitrogens with one attached hydrogen (secondary N) is 1. The largest absolute Gasteiger partial charge is 0.310 e. The number of anilines is 1. The van der Waals surface area contributed by atoms with Crippen molar-refractivity contribution < 1.29 is 4.79 Å². The fourth-order valence-corrected chi connectivity index (χ4v) is 4.29. The Labute approximate surface area is 180 Å². The normalized spacial score (nSPS) is 14.4. The van der Waals surface area contributed by atoms with E-state index in [4.69, 9.17) is 5.10 Å². The summed E-state index contributed by atoms with van der Waals surface area (Å²) in [5, 5.41) is 12.3. The van der Waals surface area contributed by atoms with Crippen LogP contribution < -0.4 is 5.32 Å². The van der Waals surface area contributed by atoms with Gasteiger partial charge in [-0.15, -0.1) is 5.10 Å². The van der Waals surface area contributed by atoms with Gasteiger partial charge in [-0.2, -0.15) is 10.1 Å². The zero-order chi connectivity index (χ0) is 21.4. The predicted octanol–water partition coefficient (Wildman–Crippen LogP) is 3.77. The lowest BCUT2D eigenvalue weighted by Gasteiger charge is -2.08. The number of para-hydroxylation sites is 1. The summed E-state index contributed by atoms with van der Waals surface area (Å²) >= 11 is 0. The van der Waals surface area contributed by atoms with Crippen LogP contribution in [0.2, 0.25) is 0 Å². The van der Waals surface area contributed by atoms with Gasteiger partial charge < -0.3 is 5.32 Å². The van der Waals surface area contributed by atoms with Crippen LogP contribution in [-0.2, 0) is 11.2 Å². The molecule has 3 heterocycles. The molecule has 0 bridgehead atoms. The van der Waals surface area contributed by atoms with Crippen LogP contribution in [0.5, 0.6) is 0 Å². The van der Waals surface area contributed by atoms with Crippen LogP contribution in [0.4, 0.5) is 5.82 Å². The average molecular weight is 416 g/mol. The summed E-state index contributed by atoms with van der Waals surface area (Å²) in [5.41, 5.74) is 3.77. The first-order valence-electron chi connectivity index (χ1n) is 10.7. The van der Waals surface area contributed by atoms with Gasteiger partial charge in [-0.25, -0.2) is 14.2 Å². The standard InChI is InChI=1S/C23H25N7O/c1-15-12-16(2)29-23(24-15)25-20(28-29)14-22(31)26-21-13-19(17-8-6-7-9-17)27-30(21)18-10-4-3-5-11-18/h3-5,10-13,17H,6-9,14H2,1-2H3,(H,26,31). The summed E-state index contributed by atoms with van der Waals surface area (Å²) in [4.78, 5) is 21.7. The van der Waals surface area contributed by atoms with Crippen molar-refractivity contribution in [3.63, 3.8) is 0 Å². The van der Waals surface area contributed by atoms with Gasteiger partial charge in [0.25, 0.3) is 5.78 Å². The first-order chi connectivity index (χ1) is 15.1. The molecule has 1 amide bonds. The van der Waals surface area contributed by atoms with E-state index in [2.05, 4.69) is 20.4 Å². The van der Waals surface area contributed by atoms with E-state index in [9.17, 15) is 4.79 Å². The number of hydrogen-bond donors (Lipinski definition) is 1. The number of amides is 1. The summed E-state index contributed by atoms with van der Waals surface area (Å²) < 4.78 is 3.49. The van der Waals surface area contributed by atoms with Crippen LogP contribution in [0.25, 0.3) is 11.5 Å². The van der Waals surface area contributed by atoms with Crippen molar-refractivity contribution in [2.45, 2.75) is 51.9 Å². The van der Waals surface area contributed by atoms with E-state index >= 15 is 0 Å². The molecule has 1 fully saturated rings. The summed E-state index contributed by atoms with van der Waals surface area (Å²) in [6.07, 6.45) is 4.83. The van der Waals surface area contributed by atoms with Crippen LogP contribution in [-0.4, -0.2) is 35.3 Å². The molecule has 0 saturated heterocycles. The van der Waals surface area contributed by atoms with Crippen LogP contribution in [0.3, 0.4) is 0 Å². The van der Waals surface area contributed by atoms with Gasteiger partial charge >= 0.3 is 0 Å². The number of aryl methyl sites for hydroxylation is 2. The SMILES string of the molecule is Cc1cc(C)n2nc(CC(=O)Nc3cc(C4CCCC4)nn3-c3ccccc3)nc2n1. The van der Waals surface area contributed by atoms with Crippen LogP contribution >= 0.6 is 0 Å². The van der Waals surface area contributed by atoms with Gasteiger partial charge in [0.15, 0.2) is 5.82 Å².